The predicted molar refractivity (Wildman–Crippen MR) is 179 cm³/mol. The molecule has 18 nitrogen and oxygen atoms in total. The summed E-state index contributed by atoms with van der Waals surface area (Å²) < 4.78 is 74.1. The van der Waals surface area contributed by atoms with E-state index in [1.54, 1.807) is 0 Å². The van der Waals surface area contributed by atoms with Crippen molar-refractivity contribution in [1.29, 1.82) is 0 Å². The first-order valence-corrected chi connectivity index (χ1v) is 17.4. The van der Waals surface area contributed by atoms with E-state index in [0.29, 0.717) is 158 Å². The number of unbranched alkanes of at least 4 members (excludes halogenated alkanes) is 1. The third-order valence-corrected chi connectivity index (χ3v) is 6.05. The van der Waals surface area contributed by atoms with Crippen molar-refractivity contribution < 1.29 is 85.8 Å². The van der Waals surface area contributed by atoms with Gasteiger partial charge in [-0.1, -0.05) is 0 Å². The van der Waals surface area contributed by atoms with E-state index in [1.807, 2.05) is 0 Å². The normalized spacial score (nSPS) is 11.2. The number of rotatable bonds is 43. The molecule has 302 valence electrons. The van der Waals surface area contributed by atoms with Crippen molar-refractivity contribution in [3.8, 4) is 0 Å². The summed E-state index contributed by atoms with van der Waals surface area (Å²) in [6, 6.07) is 0. The molecule has 18 heteroatoms. The second kappa shape index (κ2) is 42.3. The van der Waals surface area contributed by atoms with Gasteiger partial charge in [0, 0.05) is 12.8 Å². The Labute approximate surface area is 301 Å². The van der Waals surface area contributed by atoms with E-state index in [4.69, 9.17) is 66.7 Å². The zero-order valence-electron chi connectivity index (χ0n) is 30.4. The molecule has 0 fully saturated rings. The number of methoxy groups -OCH3 is 1. The van der Waals surface area contributed by atoms with Gasteiger partial charge in [-0.05, 0) is 12.8 Å². The highest BCUT2D eigenvalue weighted by atomic mass is 16.6. The highest BCUT2D eigenvalue weighted by Gasteiger charge is 2.04. The molecular formula is C33H62O18. The van der Waals surface area contributed by atoms with Crippen LogP contribution in [-0.4, -0.2) is 195 Å². The maximum Gasteiger partial charge on any atom is 0.331 e. The van der Waals surface area contributed by atoms with Crippen LogP contribution in [0.5, 0.6) is 0 Å². The summed E-state index contributed by atoms with van der Waals surface area (Å²) in [5.74, 6) is -1.63. The zero-order chi connectivity index (χ0) is 37.1. The van der Waals surface area contributed by atoms with Crippen LogP contribution in [0.25, 0.3) is 0 Å². The van der Waals surface area contributed by atoms with Crippen LogP contribution in [0.4, 0.5) is 0 Å². The minimum Gasteiger partial charge on any atom is -0.481 e. The molecule has 0 heterocycles. The molecule has 0 radical (unpaired) electrons. The molecule has 0 amide bonds. The Hall–Kier alpha value is -2.07. The molecular weight excluding hydrogens is 684 g/mol. The van der Waals surface area contributed by atoms with Gasteiger partial charge in [0.2, 0.25) is 0 Å². The molecule has 0 rings (SSSR count). The summed E-state index contributed by atoms with van der Waals surface area (Å²) in [5, 5.41) is 8.55. The highest BCUT2D eigenvalue weighted by Crippen LogP contribution is 2.01. The van der Waals surface area contributed by atoms with Crippen LogP contribution in [0.2, 0.25) is 0 Å². The molecule has 0 aliphatic heterocycles. The van der Waals surface area contributed by atoms with E-state index in [2.05, 4.69) is 4.74 Å². The minimum absolute atomic E-state index is 0.0558. The molecule has 0 aliphatic carbocycles. The summed E-state index contributed by atoms with van der Waals surface area (Å²) in [4.78, 5) is 32.8. The maximum absolute atomic E-state index is 11.5. The molecule has 1 N–H and O–H groups in total. The molecule has 0 aromatic heterocycles. The number of carboxylic acids is 1. The topological polar surface area (TPSA) is 201 Å². The molecule has 0 bridgehead atoms. The Balaban J connectivity index is 3.10. The van der Waals surface area contributed by atoms with Crippen molar-refractivity contribution in [2.75, 3.05) is 172 Å². The van der Waals surface area contributed by atoms with Gasteiger partial charge in [-0.2, -0.15) is 0 Å². The third-order valence-electron chi connectivity index (χ3n) is 6.05. The van der Waals surface area contributed by atoms with Gasteiger partial charge in [0.15, 0.2) is 0 Å². The van der Waals surface area contributed by atoms with Crippen molar-refractivity contribution in [3.63, 3.8) is 0 Å². The van der Waals surface area contributed by atoms with E-state index in [1.165, 1.54) is 7.11 Å². The summed E-state index contributed by atoms with van der Waals surface area (Å²) >= 11 is 0. The number of ether oxygens (including phenoxy) is 14. The smallest absolute Gasteiger partial charge is 0.331 e. The summed E-state index contributed by atoms with van der Waals surface area (Å²) in [7, 11) is 1.31. The minimum atomic E-state index is -0.867. The van der Waals surface area contributed by atoms with Gasteiger partial charge in [-0.15, -0.1) is 0 Å². The lowest BCUT2D eigenvalue weighted by Gasteiger charge is -2.09. The number of aliphatic carboxylic acids is 1. The number of carboxylic acid groups (broad SMARTS) is 1. The van der Waals surface area contributed by atoms with E-state index < -0.39 is 11.9 Å². The Morgan fingerprint density at radius 3 is 0.882 bits per heavy atom. The van der Waals surface area contributed by atoms with Crippen molar-refractivity contribution >= 4 is 17.9 Å². The average molecular weight is 747 g/mol. The largest absolute Gasteiger partial charge is 0.481 e. The third kappa shape index (κ3) is 44.0. The van der Waals surface area contributed by atoms with Gasteiger partial charge >= 0.3 is 17.9 Å². The second-order valence-corrected chi connectivity index (χ2v) is 10.2. The predicted octanol–water partition coefficient (Wildman–Crippen LogP) is 0.547. The fourth-order valence-electron chi connectivity index (χ4n) is 3.47. The number of carbonyl (C=O) groups is 3. The fraction of sp³-hybridized carbons (Fsp3) is 0.909. The lowest BCUT2D eigenvalue weighted by Crippen LogP contribution is -2.16. The maximum atomic E-state index is 11.5. The standard InChI is InChI=1S/C33H62O18/c1-38-33(37)30-50-27-26-48-23-22-46-19-18-44-15-14-42-11-10-40-7-6-39-8-9-41-12-13-43-16-17-45-20-21-47-24-25-49-28-29-51-32(36)5-3-2-4-31(34)35/h2-30H2,1H3,(H,34,35). The van der Waals surface area contributed by atoms with E-state index in [0.717, 1.165) is 0 Å². The van der Waals surface area contributed by atoms with Gasteiger partial charge in [0.25, 0.3) is 0 Å². The van der Waals surface area contributed by atoms with Crippen molar-refractivity contribution in [3.05, 3.63) is 0 Å². The zero-order valence-corrected chi connectivity index (χ0v) is 30.4. The van der Waals surface area contributed by atoms with Crippen molar-refractivity contribution in [2.24, 2.45) is 0 Å². The molecule has 0 aromatic carbocycles. The molecule has 51 heavy (non-hydrogen) atoms. The summed E-state index contributed by atoms with van der Waals surface area (Å²) in [5.41, 5.74) is 0. The van der Waals surface area contributed by atoms with Crippen LogP contribution in [0.15, 0.2) is 0 Å². The lowest BCUT2D eigenvalue weighted by molar-refractivity contribution is -0.146. The van der Waals surface area contributed by atoms with Gasteiger partial charge < -0.3 is 71.4 Å². The quantitative estimate of drug-likeness (QED) is 0.0669. The van der Waals surface area contributed by atoms with Crippen LogP contribution in [0, 0.1) is 0 Å². The van der Waals surface area contributed by atoms with Gasteiger partial charge in [-0.25, -0.2) is 4.79 Å². The number of hydrogen-bond donors (Lipinski definition) is 1. The highest BCUT2D eigenvalue weighted by molar-refractivity contribution is 5.70. The second-order valence-electron chi connectivity index (χ2n) is 10.2. The molecule has 0 unspecified atom stereocenters. The molecule has 0 atom stereocenters. The Bertz CT molecular complexity index is 759. The number of carbonyl (C=O) groups excluding carboxylic acids is 2. The van der Waals surface area contributed by atoms with Gasteiger partial charge in [-0.3, -0.25) is 9.59 Å². The summed E-state index contributed by atoms with van der Waals surface area (Å²) in [6.07, 6.45) is 1.22. The van der Waals surface area contributed by atoms with Crippen LogP contribution in [0.1, 0.15) is 25.7 Å². The Morgan fingerprint density at radius 1 is 0.353 bits per heavy atom. The van der Waals surface area contributed by atoms with E-state index in [-0.39, 0.29) is 38.6 Å². The first-order chi connectivity index (χ1) is 25.1. The van der Waals surface area contributed by atoms with E-state index in [9.17, 15) is 14.4 Å². The Morgan fingerprint density at radius 2 is 0.608 bits per heavy atom. The number of hydrogen-bond acceptors (Lipinski definition) is 17. The molecule has 0 aliphatic rings. The van der Waals surface area contributed by atoms with Crippen LogP contribution >= 0.6 is 0 Å². The lowest BCUT2D eigenvalue weighted by atomic mass is 10.2. The molecule has 0 spiro atoms. The number of esters is 2. The first kappa shape index (κ1) is 48.9. The van der Waals surface area contributed by atoms with Crippen LogP contribution in [-0.2, 0) is 80.7 Å². The SMILES string of the molecule is COC(=O)COCCOCCOCCOCCOCCOCCOCCOCCOCCOCCOCCOCCOC(=O)CCCCC(=O)O. The van der Waals surface area contributed by atoms with Gasteiger partial charge in [0.05, 0.1) is 159 Å². The van der Waals surface area contributed by atoms with Gasteiger partial charge in [0.1, 0.15) is 13.2 Å². The fourth-order valence-corrected chi connectivity index (χ4v) is 3.47. The van der Waals surface area contributed by atoms with E-state index >= 15 is 0 Å². The van der Waals surface area contributed by atoms with Crippen molar-refractivity contribution in [1.82, 2.24) is 0 Å². The monoisotopic (exact) mass is 746 g/mol. The first-order valence-electron chi connectivity index (χ1n) is 17.4. The van der Waals surface area contributed by atoms with Crippen LogP contribution in [0.3, 0.4) is 0 Å². The molecule has 0 aromatic rings. The van der Waals surface area contributed by atoms with Crippen molar-refractivity contribution in [2.45, 2.75) is 25.7 Å². The molecule has 0 saturated heterocycles. The average Bonchev–Trinajstić information content (AvgIpc) is 3.12. The summed E-state index contributed by atoms with van der Waals surface area (Å²) in [6.45, 7) is 10.2. The molecule has 0 saturated carbocycles. The van der Waals surface area contributed by atoms with Crippen LogP contribution < -0.4 is 0 Å². The Kier molecular flexibility index (Phi) is 40.6.